The average Bonchev–Trinajstić information content (AvgIpc) is 2.50. The van der Waals surface area contributed by atoms with Crippen molar-refractivity contribution in [1.29, 1.82) is 0 Å². The van der Waals surface area contributed by atoms with Crippen LogP contribution in [0.1, 0.15) is 13.3 Å². The highest BCUT2D eigenvalue weighted by atomic mass is 32.2. The van der Waals surface area contributed by atoms with Crippen molar-refractivity contribution in [1.82, 2.24) is 0 Å². The Kier molecular flexibility index (Phi) is 3.00. The summed E-state index contributed by atoms with van der Waals surface area (Å²) in [6.45, 7) is 2.13. The minimum Gasteiger partial charge on any atom is -0.465 e. The number of rotatable bonds is 2. The molecule has 0 amide bonds. The van der Waals surface area contributed by atoms with Crippen LogP contribution in [0, 0.1) is 5.92 Å². The molecule has 2 nitrogen and oxygen atoms in total. The van der Waals surface area contributed by atoms with E-state index in [1.165, 1.54) is 7.11 Å². The summed E-state index contributed by atoms with van der Waals surface area (Å²) in [5.41, 5.74) is 0. The number of carbonyl (C=O) groups excluding carboxylic acids is 1. The van der Waals surface area contributed by atoms with Gasteiger partial charge in [0.2, 0.25) is 0 Å². The number of methoxy groups -OCH3 is 1. The molecule has 62 valence electrons. The van der Waals surface area contributed by atoms with Crippen LogP contribution >= 0.6 is 11.8 Å². The summed E-state index contributed by atoms with van der Waals surface area (Å²) >= 11 is 1.59. The molecule has 0 radical (unpaired) electrons. The molecule has 1 heterocycles. The van der Waals surface area contributed by atoms with E-state index in [2.05, 4.69) is 11.7 Å². The van der Waals surface area contributed by atoms with Gasteiger partial charge in [-0.2, -0.15) is 0 Å². The number of hydrogen-bond donors (Lipinski definition) is 0. The fourth-order valence-corrected chi connectivity index (χ4v) is 2.19. The Balaban J connectivity index is 2.54. The average molecular weight is 172 g/mol. The lowest BCUT2D eigenvalue weighted by Gasteiger charge is -1.96. The number of carbonyl (C=O) groups is 1. The van der Waals surface area contributed by atoms with Crippen LogP contribution in [-0.2, 0) is 9.53 Å². The molecular formula is C8H12O2S. The Morgan fingerprint density at radius 3 is 3.09 bits per heavy atom. The Labute approximate surface area is 71.0 Å². The van der Waals surface area contributed by atoms with E-state index in [4.69, 9.17) is 0 Å². The van der Waals surface area contributed by atoms with Crippen LogP contribution in [-0.4, -0.2) is 18.8 Å². The first-order chi connectivity index (χ1) is 5.27. The molecule has 0 aliphatic carbocycles. The third-order valence-corrected chi connectivity index (χ3v) is 2.96. The molecule has 0 aromatic rings. The maximum atomic E-state index is 11.0. The van der Waals surface area contributed by atoms with Crippen LogP contribution in [0.5, 0.6) is 0 Å². The van der Waals surface area contributed by atoms with Crippen molar-refractivity contribution in [2.75, 3.05) is 12.9 Å². The van der Waals surface area contributed by atoms with Gasteiger partial charge in [0.15, 0.2) is 0 Å². The highest BCUT2D eigenvalue weighted by Gasteiger charge is 2.20. The third kappa shape index (κ3) is 1.99. The summed E-state index contributed by atoms with van der Waals surface area (Å²) in [4.78, 5) is 11.7. The summed E-state index contributed by atoms with van der Waals surface area (Å²) in [6, 6.07) is 0. The zero-order chi connectivity index (χ0) is 8.27. The van der Waals surface area contributed by atoms with Crippen molar-refractivity contribution < 1.29 is 9.53 Å². The van der Waals surface area contributed by atoms with Crippen LogP contribution in [0.2, 0.25) is 0 Å². The normalized spacial score (nSPS) is 23.1. The number of allylic oxidation sites excluding steroid dienone is 1. The molecule has 0 saturated carbocycles. The van der Waals surface area contributed by atoms with E-state index in [-0.39, 0.29) is 5.97 Å². The second kappa shape index (κ2) is 3.81. The molecule has 1 atom stereocenters. The topological polar surface area (TPSA) is 26.3 Å². The van der Waals surface area contributed by atoms with E-state index in [1.807, 2.05) is 6.08 Å². The van der Waals surface area contributed by atoms with E-state index < -0.39 is 0 Å². The van der Waals surface area contributed by atoms with Crippen LogP contribution in [0.3, 0.4) is 0 Å². The van der Waals surface area contributed by atoms with Gasteiger partial charge in [0, 0.05) is 5.75 Å². The highest BCUT2D eigenvalue weighted by molar-refractivity contribution is 8.04. The molecule has 1 aliphatic rings. The second-order valence-corrected chi connectivity index (χ2v) is 3.56. The molecule has 1 unspecified atom stereocenters. The quantitative estimate of drug-likeness (QED) is 0.594. The van der Waals surface area contributed by atoms with Gasteiger partial charge in [-0.25, -0.2) is 4.79 Å². The molecule has 0 N–H and O–H groups in total. The summed E-state index contributed by atoms with van der Waals surface area (Å²) in [5, 5.41) is 0. The highest BCUT2D eigenvalue weighted by Crippen LogP contribution is 2.31. The van der Waals surface area contributed by atoms with Gasteiger partial charge in [-0.05, 0) is 12.3 Å². The van der Waals surface area contributed by atoms with Crippen molar-refractivity contribution in [3.05, 3.63) is 11.0 Å². The van der Waals surface area contributed by atoms with E-state index in [9.17, 15) is 4.79 Å². The number of esters is 1. The molecule has 0 aromatic heterocycles. The van der Waals surface area contributed by atoms with Gasteiger partial charge in [-0.15, -0.1) is 11.8 Å². The van der Waals surface area contributed by atoms with E-state index in [0.717, 1.165) is 17.1 Å². The molecule has 1 rings (SSSR count). The van der Waals surface area contributed by atoms with Crippen LogP contribution in [0.15, 0.2) is 11.0 Å². The van der Waals surface area contributed by atoms with Crippen LogP contribution in [0.4, 0.5) is 0 Å². The minimum absolute atomic E-state index is 0.189. The first-order valence-corrected chi connectivity index (χ1v) is 4.69. The number of thioether (sulfide) groups is 1. The first-order valence-electron chi connectivity index (χ1n) is 3.70. The molecule has 0 aromatic carbocycles. The van der Waals surface area contributed by atoms with Crippen molar-refractivity contribution >= 4 is 17.7 Å². The first kappa shape index (κ1) is 8.65. The maximum Gasteiger partial charge on any atom is 0.344 e. The van der Waals surface area contributed by atoms with Crippen molar-refractivity contribution in [3.8, 4) is 0 Å². The molecule has 3 heteroatoms. The van der Waals surface area contributed by atoms with Gasteiger partial charge in [-0.3, -0.25) is 0 Å². The lowest BCUT2D eigenvalue weighted by Crippen LogP contribution is -1.99. The molecule has 0 bridgehead atoms. The molecule has 11 heavy (non-hydrogen) atoms. The van der Waals surface area contributed by atoms with E-state index in [0.29, 0.717) is 5.92 Å². The SMILES string of the molecule is CCC1C=C(C(=O)OC)SC1. The lowest BCUT2D eigenvalue weighted by atomic mass is 10.1. The Hall–Kier alpha value is -0.440. The van der Waals surface area contributed by atoms with Crippen molar-refractivity contribution in [2.45, 2.75) is 13.3 Å². The summed E-state index contributed by atoms with van der Waals surface area (Å²) in [7, 11) is 1.42. The number of hydrogen-bond acceptors (Lipinski definition) is 3. The smallest absolute Gasteiger partial charge is 0.344 e. The van der Waals surface area contributed by atoms with Gasteiger partial charge < -0.3 is 4.74 Å². The predicted octanol–water partition coefficient (Wildman–Crippen LogP) is 1.82. The zero-order valence-electron chi connectivity index (χ0n) is 6.79. The Bertz CT molecular complexity index is 187. The molecular weight excluding hydrogens is 160 g/mol. The predicted molar refractivity (Wildman–Crippen MR) is 46.3 cm³/mol. The summed E-state index contributed by atoms with van der Waals surface area (Å²) in [6.07, 6.45) is 3.12. The zero-order valence-corrected chi connectivity index (χ0v) is 7.61. The van der Waals surface area contributed by atoms with Crippen LogP contribution < -0.4 is 0 Å². The van der Waals surface area contributed by atoms with E-state index >= 15 is 0 Å². The van der Waals surface area contributed by atoms with Gasteiger partial charge in [0.1, 0.15) is 0 Å². The van der Waals surface area contributed by atoms with Gasteiger partial charge in [0.25, 0.3) is 0 Å². The van der Waals surface area contributed by atoms with Crippen LogP contribution in [0.25, 0.3) is 0 Å². The van der Waals surface area contributed by atoms with E-state index in [1.54, 1.807) is 11.8 Å². The summed E-state index contributed by atoms with van der Waals surface area (Å²) < 4.78 is 4.60. The van der Waals surface area contributed by atoms with Gasteiger partial charge in [0.05, 0.1) is 12.0 Å². The Morgan fingerprint density at radius 1 is 1.91 bits per heavy atom. The lowest BCUT2D eigenvalue weighted by molar-refractivity contribution is -0.135. The Morgan fingerprint density at radius 2 is 2.64 bits per heavy atom. The molecule has 0 spiro atoms. The molecule has 0 fully saturated rings. The van der Waals surface area contributed by atoms with Gasteiger partial charge >= 0.3 is 5.97 Å². The summed E-state index contributed by atoms with van der Waals surface area (Å²) in [5.74, 6) is 1.40. The second-order valence-electron chi connectivity index (χ2n) is 2.50. The largest absolute Gasteiger partial charge is 0.465 e. The third-order valence-electron chi connectivity index (χ3n) is 1.75. The van der Waals surface area contributed by atoms with Crippen molar-refractivity contribution in [3.63, 3.8) is 0 Å². The standard InChI is InChI=1S/C8H12O2S/c1-3-6-4-7(11-5-6)8(9)10-2/h4,6H,3,5H2,1-2H3. The van der Waals surface area contributed by atoms with Gasteiger partial charge in [-0.1, -0.05) is 13.0 Å². The fraction of sp³-hybridized carbons (Fsp3) is 0.625. The van der Waals surface area contributed by atoms with Crippen molar-refractivity contribution in [2.24, 2.45) is 5.92 Å². The molecule has 0 saturated heterocycles. The maximum absolute atomic E-state index is 11.0. The minimum atomic E-state index is -0.189. The molecule has 1 aliphatic heterocycles. The monoisotopic (exact) mass is 172 g/mol. The number of ether oxygens (including phenoxy) is 1. The fourth-order valence-electron chi connectivity index (χ4n) is 0.970.